The van der Waals surface area contributed by atoms with Crippen LogP contribution in [0.1, 0.15) is 6.92 Å². The Balaban J connectivity index is 2.80. The molecule has 0 N–H and O–H groups in total. The number of rotatable bonds is 5. The Hall–Kier alpha value is -1.53. The monoisotopic (exact) mass is 287 g/mol. The van der Waals surface area contributed by atoms with Crippen LogP contribution in [0.4, 0.5) is 5.69 Å². The topological polar surface area (TPSA) is 69.4 Å². The van der Waals surface area contributed by atoms with Gasteiger partial charge in [-0.2, -0.15) is 0 Å². The highest BCUT2D eigenvalue weighted by atomic mass is 35.5. The number of ether oxygens (including phenoxy) is 1. The third-order valence-corrected chi connectivity index (χ3v) is 2.89. The maximum atomic E-state index is 11.0. The minimum Gasteiger partial charge on any atom is -0.463 e. The molecule has 0 atom stereocenters. The molecule has 0 fully saturated rings. The minimum atomic E-state index is -0.503. The first-order valence-corrected chi connectivity index (χ1v) is 6.24. The van der Waals surface area contributed by atoms with Crippen LogP contribution in [0, 0.1) is 10.1 Å². The number of carbonyl (C=O) groups is 1. The van der Waals surface area contributed by atoms with Gasteiger partial charge >= 0.3 is 5.97 Å². The van der Waals surface area contributed by atoms with Crippen LogP contribution in [0.25, 0.3) is 0 Å². The van der Waals surface area contributed by atoms with Crippen LogP contribution < -0.4 is 0 Å². The van der Waals surface area contributed by atoms with Crippen molar-refractivity contribution in [3.05, 3.63) is 44.8 Å². The van der Waals surface area contributed by atoms with E-state index in [2.05, 4.69) is 4.74 Å². The minimum absolute atomic E-state index is 0.0575. The van der Waals surface area contributed by atoms with Crippen molar-refractivity contribution in [1.82, 2.24) is 0 Å². The van der Waals surface area contributed by atoms with Crippen LogP contribution >= 0.6 is 23.4 Å². The lowest BCUT2D eigenvalue weighted by Gasteiger charge is -2.00. The molecule has 5 nitrogen and oxygen atoms in total. The maximum Gasteiger partial charge on any atom is 0.331 e. The maximum absolute atomic E-state index is 11.0. The highest BCUT2D eigenvalue weighted by Gasteiger charge is 2.13. The molecule has 0 radical (unpaired) electrons. The van der Waals surface area contributed by atoms with E-state index in [0.717, 1.165) is 11.8 Å². The van der Waals surface area contributed by atoms with Gasteiger partial charge < -0.3 is 4.74 Å². The summed E-state index contributed by atoms with van der Waals surface area (Å²) in [5.74, 6) is -0.491. The summed E-state index contributed by atoms with van der Waals surface area (Å²) in [7, 11) is 0. The van der Waals surface area contributed by atoms with Crippen molar-refractivity contribution >= 4 is 35.0 Å². The van der Waals surface area contributed by atoms with Crippen molar-refractivity contribution in [2.45, 2.75) is 11.8 Å². The van der Waals surface area contributed by atoms with Crippen LogP contribution in [0.15, 0.2) is 34.6 Å². The molecule has 1 aromatic rings. The summed E-state index contributed by atoms with van der Waals surface area (Å²) in [5.41, 5.74) is -0.0575. The number of hydrogen-bond donors (Lipinski definition) is 0. The van der Waals surface area contributed by atoms with Gasteiger partial charge in [0.25, 0.3) is 5.69 Å². The number of nitro groups is 1. The number of carbonyl (C=O) groups excluding carboxylic acids is 1. The third kappa shape index (κ3) is 4.38. The van der Waals surface area contributed by atoms with Gasteiger partial charge in [-0.25, -0.2) is 4.79 Å². The largest absolute Gasteiger partial charge is 0.463 e. The molecule has 0 aliphatic rings. The molecular weight excluding hydrogens is 278 g/mol. The fourth-order valence-corrected chi connectivity index (χ4v) is 2.11. The molecule has 0 amide bonds. The van der Waals surface area contributed by atoms with Gasteiger partial charge in [0.05, 0.1) is 16.4 Å². The zero-order valence-corrected chi connectivity index (χ0v) is 11.0. The fraction of sp³-hybridized carbons (Fsp3) is 0.182. The predicted molar refractivity (Wildman–Crippen MR) is 69.7 cm³/mol. The van der Waals surface area contributed by atoms with E-state index < -0.39 is 10.9 Å². The highest BCUT2D eigenvalue weighted by Crippen LogP contribution is 2.32. The Labute approximate surface area is 113 Å². The fourth-order valence-electron chi connectivity index (χ4n) is 1.09. The zero-order chi connectivity index (χ0) is 13.5. The first-order chi connectivity index (χ1) is 8.54. The Morgan fingerprint density at radius 1 is 1.61 bits per heavy atom. The molecule has 0 saturated heterocycles. The van der Waals surface area contributed by atoms with Crippen LogP contribution in [0.3, 0.4) is 0 Å². The van der Waals surface area contributed by atoms with Gasteiger partial charge in [-0.1, -0.05) is 23.4 Å². The number of hydrogen-bond acceptors (Lipinski definition) is 5. The molecular formula is C11H10ClNO4S. The van der Waals surface area contributed by atoms with Crippen LogP contribution in [-0.2, 0) is 9.53 Å². The average Bonchev–Trinajstić information content (AvgIpc) is 2.29. The summed E-state index contributed by atoms with van der Waals surface area (Å²) >= 11 is 6.80. The number of nitrogens with zero attached hydrogens (tertiary/aromatic N) is 1. The van der Waals surface area contributed by atoms with E-state index >= 15 is 0 Å². The van der Waals surface area contributed by atoms with Gasteiger partial charge in [0.1, 0.15) is 0 Å². The Morgan fingerprint density at radius 3 is 2.94 bits per heavy atom. The molecule has 0 aliphatic heterocycles. The van der Waals surface area contributed by atoms with Crippen LogP contribution in [-0.4, -0.2) is 17.5 Å². The Morgan fingerprint density at radius 2 is 2.33 bits per heavy atom. The van der Waals surface area contributed by atoms with E-state index in [4.69, 9.17) is 11.6 Å². The lowest BCUT2D eigenvalue weighted by molar-refractivity contribution is -0.387. The zero-order valence-electron chi connectivity index (χ0n) is 9.46. The second kappa shape index (κ2) is 7.03. The van der Waals surface area contributed by atoms with E-state index in [-0.39, 0.29) is 12.3 Å². The molecule has 0 spiro atoms. The van der Waals surface area contributed by atoms with Gasteiger partial charge in [0.15, 0.2) is 0 Å². The van der Waals surface area contributed by atoms with E-state index in [1.807, 2.05) is 0 Å². The third-order valence-electron chi connectivity index (χ3n) is 1.80. The van der Waals surface area contributed by atoms with Gasteiger partial charge in [-0.3, -0.25) is 10.1 Å². The van der Waals surface area contributed by atoms with Crippen LogP contribution in [0.5, 0.6) is 0 Å². The first-order valence-electron chi connectivity index (χ1n) is 4.98. The number of halogens is 1. The molecule has 0 bridgehead atoms. The van der Waals surface area contributed by atoms with Gasteiger partial charge in [0, 0.05) is 17.2 Å². The first kappa shape index (κ1) is 14.5. The summed E-state index contributed by atoms with van der Waals surface area (Å²) in [6.07, 6.45) is 1.21. The predicted octanol–water partition coefficient (Wildman–Crippen LogP) is 3.42. The SMILES string of the molecule is CCOC(=O)/C=C/Sc1cc(Cl)ccc1[N+](=O)[O-]. The number of esters is 1. The van der Waals surface area contributed by atoms with Crippen molar-refractivity contribution < 1.29 is 14.5 Å². The van der Waals surface area contributed by atoms with Crippen molar-refractivity contribution in [2.24, 2.45) is 0 Å². The lowest BCUT2D eigenvalue weighted by atomic mass is 10.3. The van der Waals surface area contributed by atoms with Crippen molar-refractivity contribution in [3.63, 3.8) is 0 Å². The van der Waals surface area contributed by atoms with Crippen molar-refractivity contribution in [1.29, 1.82) is 0 Å². The standard InChI is InChI=1S/C11H10ClNO4S/c1-2-17-11(14)5-6-18-10-7-8(12)3-4-9(10)13(15)16/h3-7H,2H2,1H3/b6-5+. The summed E-state index contributed by atoms with van der Waals surface area (Å²) in [6, 6.07) is 4.24. The second-order valence-electron chi connectivity index (χ2n) is 3.04. The summed E-state index contributed by atoms with van der Waals surface area (Å²) in [5, 5.41) is 12.6. The number of thioether (sulfide) groups is 1. The molecule has 0 unspecified atom stereocenters. The number of benzene rings is 1. The molecule has 1 aromatic carbocycles. The lowest BCUT2D eigenvalue weighted by Crippen LogP contribution is -1.98. The molecule has 7 heteroatoms. The second-order valence-corrected chi connectivity index (χ2v) is 4.43. The molecule has 0 aromatic heterocycles. The van der Waals surface area contributed by atoms with E-state index in [1.54, 1.807) is 6.92 Å². The summed E-state index contributed by atoms with van der Waals surface area (Å²) < 4.78 is 4.68. The normalized spacial score (nSPS) is 10.6. The summed E-state index contributed by atoms with van der Waals surface area (Å²) in [6.45, 7) is 1.98. The van der Waals surface area contributed by atoms with Crippen molar-refractivity contribution in [2.75, 3.05) is 6.61 Å². The molecule has 0 heterocycles. The molecule has 96 valence electrons. The summed E-state index contributed by atoms with van der Waals surface area (Å²) in [4.78, 5) is 21.7. The van der Waals surface area contributed by atoms with E-state index in [1.165, 1.54) is 29.7 Å². The average molecular weight is 288 g/mol. The number of nitro benzene ring substituents is 1. The van der Waals surface area contributed by atoms with Gasteiger partial charge in [0.2, 0.25) is 0 Å². The van der Waals surface area contributed by atoms with Gasteiger partial charge in [-0.15, -0.1) is 0 Å². The molecule has 0 saturated carbocycles. The van der Waals surface area contributed by atoms with Crippen molar-refractivity contribution in [3.8, 4) is 0 Å². The highest BCUT2D eigenvalue weighted by molar-refractivity contribution is 8.02. The quantitative estimate of drug-likeness (QED) is 0.273. The Kier molecular flexibility index (Phi) is 5.67. The molecule has 1 rings (SSSR count). The molecule has 0 aliphatic carbocycles. The Bertz CT molecular complexity index is 490. The van der Waals surface area contributed by atoms with E-state index in [0.29, 0.717) is 9.92 Å². The van der Waals surface area contributed by atoms with Gasteiger partial charge in [-0.05, 0) is 24.5 Å². The molecule has 18 heavy (non-hydrogen) atoms. The smallest absolute Gasteiger partial charge is 0.331 e. The van der Waals surface area contributed by atoms with E-state index in [9.17, 15) is 14.9 Å². The van der Waals surface area contributed by atoms with Crippen LogP contribution in [0.2, 0.25) is 5.02 Å².